The van der Waals surface area contributed by atoms with Crippen LogP contribution in [0, 0.1) is 17.0 Å². The quantitative estimate of drug-likeness (QED) is 0.152. The molecule has 1 aromatic heterocycles. The maximum absolute atomic E-state index is 11.6. The van der Waals surface area contributed by atoms with E-state index in [-0.39, 0.29) is 11.5 Å². The van der Waals surface area contributed by atoms with Gasteiger partial charge in [-0.05, 0) is 49.7 Å². The van der Waals surface area contributed by atoms with Gasteiger partial charge in [-0.15, -0.1) is 10.2 Å². The summed E-state index contributed by atoms with van der Waals surface area (Å²) in [6.45, 7) is 4.46. The molecule has 0 aliphatic rings. The first-order valence-electron chi connectivity index (χ1n) is 11.2. The van der Waals surface area contributed by atoms with Crippen LogP contribution >= 0.6 is 11.8 Å². The maximum Gasteiger partial charge on any atom is 0.220 e. The number of hydrogen-bond acceptors (Lipinski definition) is 7. The zero-order chi connectivity index (χ0) is 24.6. The summed E-state index contributed by atoms with van der Waals surface area (Å²) in [5, 5.41) is 20.2. The van der Waals surface area contributed by atoms with Crippen LogP contribution in [-0.2, 0) is 6.61 Å². The maximum atomic E-state index is 11.6. The first-order chi connectivity index (χ1) is 17.0. The monoisotopic (exact) mass is 490 g/mol. The van der Waals surface area contributed by atoms with Crippen molar-refractivity contribution < 1.29 is 14.4 Å². The zero-order valence-corrected chi connectivity index (χ0v) is 20.4. The minimum atomic E-state index is -0.526. The molecule has 1 atom stereocenters. The number of nitro groups is 1. The fraction of sp³-hybridized carbons (Fsp3) is 0.231. The van der Waals surface area contributed by atoms with Gasteiger partial charge in [0.1, 0.15) is 29.2 Å². The van der Waals surface area contributed by atoms with Gasteiger partial charge >= 0.3 is 0 Å². The third-order valence-electron chi connectivity index (χ3n) is 5.27. The van der Waals surface area contributed by atoms with Crippen molar-refractivity contribution in [3.63, 3.8) is 0 Å². The van der Waals surface area contributed by atoms with Crippen LogP contribution in [0.2, 0.25) is 0 Å². The van der Waals surface area contributed by atoms with Crippen LogP contribution in [0.1, 0.15) is 29.1 Å². The second-order valence-corrected chi connectivity index (χ2v) is 8.90. The first-order valence-corrected chi connectivity index (χ1v) is 12.1. The second-order valence-electron chi connectivity index (χ2n) is 7.73. The Bertz CT molecular complexity index is 1260. The number of nitrogens with zero attached hydrogens (tertiary/aromatic N) is 4. The number of rotatable bonds is 11. The van der Waals surface area contributed by atoms with E-state index in [1.807, 2.05) is 97.3 Å². The Morgan fingerprint density at radius 2 is 1.69 bits per heavy atom. The van der Waals surface area contributed by atoms with Crippen LogP contribution < -0.4 is 9.47 Å². The van der Waals surface area contributed by atoms with E-state index < -0.39 is 5.25 Å². The van der Waals surface area contributed by atoms with E-state index in [2.05, 4.69) is 10.2 Å². The second kappa shape index (κ2) is 11.5. The lowest BCUT2D eigenvalue weighted by Crippen LogP contribution is -2.12. The normalized spacial score (nSPS) is 11.7. The molecule has 3 aromatic carbocycles. The summed E-state index contributed by atoms with van der Waals surface area (Å²) in [4.78, 5) is 11.3. The predicted molar refractivity (Wildman–Crippen MR) is 135 cm³/mol. The third kappa shape index (κ3) is 6.19. The van der Waals surface area contributed by atoms with Gasteiger partial charge in [-0.3, -0.25) is 14.7 Å². The molecule has 0 spiro atoms. The van der Waals surface area contributed by atoms with E-state index in [1.165, 1.54) is 11.8 Å². The highest BCUT2D eigenvalue weighted by atomic mass is 32.2. The topological polar surface area (TPSA) is 92.3 Å². The van der Waals surface area contributed by atoms with E-state index in [0.717, 1.165) is 22.6 Å². The van der Waals surface area contributed by atoms with Crippen LogP contribution in [0.4, 0.5) is 0 Å². The van der Waals surface area contributed by atoms with Crippen molar-refractivity contribution in [1.82, 2.24) is 14.8 Å². The fourth-order valence-corrected chi connectivity index (χ4v) is 4.85. The summed E-state index contributed by atoms with van der Waals surface area (Å²) in [7, 11) is 0. The van der Waals surface area contributed by atoms with Crippen molar-refractivity contribution in [3.8, 4) is 17.2 Å². The molecule has 180 valence electrons. The van der Waals surface area contributed by atoms with E-state index in [1.54, 1.807) is 0 Å². The van der Waals surface area contributed by atoms with Gasteiger partial charge in [0.25, 0.3) is 0 Å². The fourth-order valence-electron chi connectivity index (χ4n) is 3.65. The van der Waals surface area contributed by atoms with Gasteiger partial charge in [-0.1, -0.05) is 60.3 Å². The van der Waals surface area contributed by atoms with Crippen molar-refractivity contribution >= 4 is 11.8 Å². The summed E-state index contributed by atoms with van der Waals surface area (Å²) in [5.41, 5.74) is 2.61. The van der Waals surface area contributed by atoms with Crippen molar-refractivity contribution in [3.05, 3.63) is 106 Å². The molecule has 0 radical (unpaired) electrons. The number of thioether (sulfide) groups is 1. The molecule has 0 N–H and O–H groups in total. The molecule has 1 heterocycles. The zero-order valence-electron chi connectivity index (χ0n) is 19.5. The predicted octanol–water partition coefficient (Wildman–Crippen LogP) is 5.66. The minimum Gasteiger partial charge on any atom is -0.494 e. The number of benzene rings is 3. The molecule has 0 bridgehead atoms. The highest BCUT2D eigenvalue weighted by Crippen LogP contribution is 2.40. The van der Waals surface area contributed by atoms with Gasteiger partial charge in [0.15, 0.2) is 5.16 Å². The van der Waals surface area contributed by atoms with Crippen LogP contribution in [0.25, 0.3) is 5.69 Å². The third-order valence-corrected chi connectivity index (χ3v) is 6.43. The molecule has 35 heavy (non-hydrogen) atoms. The lowest BCUT2D eigenvalue weighted by atomic mass is 10.1. The van der Waals surface area contributed by atoms with Gasteiger partial charge in [0.2, 0.25) is 6.54 Å². The Balaban J connectivity index is 1.62. The lowest BCUT2D eigenvalue weighted by Gasteiger charge is -2.18. The summed E-state index contributed by atoms with van der Waals surface area (Å²) in [6.07, 6.45) is 0. The number of ether oxygens (including phenoxy) is 2. The van der Waals surface area contributed by atoms with E-state index in [4.69, 9.17) is 9.47 Å². The number of para-hydroxylation sites is 1. The van der Waals surface area contributed by atoms with Gasteiger partial charge in [0.05, 0.1) is 6.61 Å². The highest BCUT2D eigenvalue weighted by molar-refractivity contribution is 7.99. The van der Waals surface area contributed by atoms with Gasteiger partial charge in [-0.2, -0.15) is 0 Å². The molecule has 4 rings (SSSR count). The molecular weight excluding hydrogens is 464 g/mol. The van der Waals surface area contributed by atoms with Crippen LogP contribution in [-0.4, -0.2) is 32.8 Å². The number of hydrogen-bond donors (Lipinski definition) is 0. The van der Waals surface area contributed by atoms with Gasteiger partial charge in [0, 0.05) is 16.2 Å². The highest BCUT2D eigenvalue weighted by Gasteiger charge is 2.26. The van der Waals surface area contributed by atoms with Crippen molar-refractivity contribution in [1.29, 1.82) is 0 Å². The van der Waals surface area contributed by atoms with Crippen LogP contribution in [0.15, 0.2) is 84.0 Å². The average molecular weight is 491 g/mol. The molecule has 0 aliphatic heterocycles. The Kier molecular flexibility index (Phi) is 7.99. The molecule has 0 saturated carbocycles. The molecule has 8 nitrogen and oxygen atoms in total. The number of aryl methyl sites for hydroxylation is 1. The molecule has 0 unspecified atom stereocenters. The van der Waals surface area contributed by atoms with Crippen molar-refractivity contribution in [2.45, 2.75) is 30.9 Å². The van der Waals surface area contributed by atoms with E-state index >= 15 is 0 Å². The van der Waals surface area contributed by atoms with E-state index in [9.17, 15) is 10.1 Å². The van der Waals surface area contributed by atoms with E-state index in [0.29, 0.717) is 29.9 Å². The summed E-state index contributed by atoms with van der Waals surface area (Å²) >= 11 is 1.30. The summed E-state index contributed by atoms with van der Waals surface area (Å²) < 4.78 is 13.5. The molecule has 9 heteroatoms. The molecule has 4 aromatic rings. The first kappa shape index (κ1) is 24.3. The standard InChI is InChI=1S/C26H26N4O4S/c1-3-33-22-15-13-21(14-16-22)30-19(2)27-28-26(30)35-25(17-29(31)32)23-11-7-8-12-24(23)34-18-20-9-5-4-6-10-20/h4-16,25H,3,17-18H2,1-2H3/t25-/m0/s1. The molecule has 0 saturated heterocycles. The number of aromatic nitrogens is 3. The molecule has 0 fully saturated rings. The Labute approximate surface area is 208 Å². The van der Waals surface area contributed by atoms with Crippen molar-refractivity contribution in [2.75, 3.05) is 13.2 Å². The Hall–Kier alpha value is -3.85. The van der Waals surface area contributed by atoms with Gasteiger partial charge in [-0.25, -0.2) is 0 Å². The Morgan fingerprint density at radius 1 is 0.971 bits per heavy atom. The van der Waals surface area contributed by atoms with Crippen LogP contribution in [0.5, 0.6) is 11.5 Å². The Morgan fingerprint density at radius 3 is 2.40 bits per heavy atom. The molecular formula is C26H26N4O4S. The SMILES string of the molecule is CCOc1ccc(-n2c(C)nnc2S[C@@H](C[N+](=O)[O-])c2ccccc2OCc2ccccc2)cc1. The summed E-state index contributed by atoms with van der Waals surface area (Å²) in [5.74, 6) is 2.07. The molecule has 0 amide bonds. The minimum absolute atomic E-state index is 0.286. The largest absolute Gasteiger partial charge is 0.494 e. The smallest absolute Gasteiger partial charge is 0.220 e. The van der Waals surface area contributed by atoms with Crippen LogP contribution in [0.3, 0.4) is 0 Å². The average Bonchev–Trinajstić information content (AvgIpc) is 3.23. The summed E-state index contributed by atoms with van der Waals surface area (Å²) in [6, 6.07) is 24.9. The lowest BCUT2D eigenvalue weighted by molar-refractivity contribution is -0.479. The van der Waals surface area contributed by atoms with Crippen molar-refractivity contribution in [2.24, 2.45) is 0 Å². The molecule has 0 aliphatic carbocycles. The van der Waals surface area contributed by atoms with Gasteiger partial charge < -0.3 is 9.47 Å².